The molecule has 0 unspecified atom stereocenters. The summed E-state index contributed by atoms with van der Waals surface area (Å²) < 4.78 is 0. The van der Waals surface area contributed by atoms with Crippen molar-refractivity contribution in [3.05, 3.63) is 0 Å². The van der Waals surface area contributed by atoms with E-state index in [1.165, 1.54) is 4.90 Å². The molecule has 0 aliphatic carbocycles. The number of hydrogen-bond acceptors (Lipinski definition) is 3. The van der Waals surface area contributed by atoms with Crippen molar-refractivity contribution >= 4 is 12.0 Å². The lowest BCUT2D eigenvalue weighted by Crippen LogP contribution is -2.52. The van der Waals surface area contributed by atoms with Crippen LogP contribution in [-0.4, -0.2) is 65.7 Å². The third-order valence-electron chi connectivity index (χ3n) is 3.94. The van der Waals surface area contributed by atoms with Gasteiger partial charge in [0.05, 0.1) is 0 Å². The van der Waals surface area contributed by atoms with Crippen molar-refractivity contribution in [1.29, 1.82) is 0 Å². The number of nitrogens with zero attached hydrogens (tertiary/aromatic N) is 2. The van der Waals surface area contributed by atoms with E-state index in [2.05, 4.69) is 5.32 Å². The largest absolute Gasteiger partial charge is 0.480 e. The van der Waals surface area contributed by atoms with E-state index in [1.807, 2.05) is 0 Å². The fraction of sp³-hybridized carbons (Fsp3) is 0.833. The fourth-order valence-electron chi connectivity index (χ4n) is 2.81. The molecule has 0 saturated carbocycles. The number of rotatable bonds is 2. The molecule has 2 aliphatic heterocycles. The quantitative estimate of drug-likeness (QED) is 0.746. The van der Waals surface area contributed by atoms with Crippen LogP contribution in [0.5, 0.6) is 0 Å². The van der Waals surface area contributed by atoms with Gasteiger partial charge >= 0.3 is 12.0 Å². The molecular formula is C12H21N3O3. The predicted octanol–water partition coefficient (Wildman–Crippen LogP) is 0.339. The summed E-state index contributed by atoms with van der Waals surface area (Å²) >= 11 is 0. The average Bonchev–Trinajstić information content (AvgIpc) is 2.87. The summed E-state index contributed by atoms with van der Waals surface area (Å²) in [6.45, 7) is 2.40. The smallest absolute Gasteiger partial charge is 0.326 e. The van der Waals surface area contributed by atoms with Crippen molar-refractivity contribution in [3.63, 3.8) is 0 Å². The molecule has 102 valence electrons. The molecule has 0 aromatic carbocycles. The lowest BCUT2D eigenvalue weighted by molar-refractivity contribution is -0.141. The molecular weight excluding hydrogens is 234 g/mol. The number of urea groups is 1. The van der Waals surface area contributed by atoms with Crippen LogP contribution < -0.4 is 5.32 Å². The Hall–Kier alpha value is -1.30. The highest BCUT2D eigenvalue weighted by atomic mass is 16.4. The molecule has 2 N–H and O–H groups in total. The molecule has 1 atom stereocenters. The van der Waals surface area contributed by atoms with E-state index in [0.29, 0.717) is 13.0 Å². The van der Waals surface area contributed by atoms with E-state index in [9.17, 15) is 9.59 Å². The SMILES string of the molecule is CN(C(=O)N1CCC[C@@H]1C(=O)O)C1CCNCC1. The number of aliphatic carboxylic acids is 1. The molecule has 2 saturated heterocycles. The van der Waals surface area contributed by atoms with Gasteiger partial charge in [-0.25, -0.2) is 9.59 Å². The monoisotopic (exact) mass is 255 g/mol. The minimum atomic E-state index is -0.889. The van der Waals surface area contributed by atoms with Crippen molar-refractivity contribution in [2.45, 2.75) is 37.8 Å². The molecule has 0 aromatic rings. The molecule has 6 heteroatoms. The number of nitrogens with one attached hydrogen (secondary N) is 1. The van der Waals surface area contributed by atoms with Gasteiger partial charge in [0, 0.05) is 19.6 Å². The molecule has 18 heavy (non-hydrogen) atoms. The fourth-order valence-corrected chi connectivity index (χ4v) is 2.81. The first-order valence-electron chi connectivity index (χ1n) is 6.58. The molecule has 0 radical (unpaired) electrons. The van der Waals surface area contributed by atoms with Gasteiger partial charge in [0.2, 0.25) is 0 Å². The minimum absolute atomic E-state index is 0.133. The molecule has 2 fully saturated rings. The van der Waals surface area contributed by atoms with Crippen molar-refractivity contribution in [1.82, 2.24) is 15.1 Å². The second kappa shape index (κ2) is 5.56. The summed E-state index contributed by atoms with van der Waals surface area (Å²) in [6.07, 6.45) is 3.23. The van der Waals surface area contributed by atoms with Crippen LogP contribution in [0.3, 0.4) is 0 Å². The number of carboxylic acid groups (broad SMARTS) is 1. The maximum atomic E-state index is 12.3. The topological polar surface area (TPSA) is 72.9 Å². The number of hydrogen-bond donors (Lipinski definition) is 2. The van der Waals surface area contributed by atoms with Gasteiger partial charge in [0.15, 0.2) is 0 Å². The van der Waals surface area contributed by atoms with Gasteiger partial charge in [-0.3, -0.25) is 0 Å². The first kappa shape index (κ1) is 13.1. The average molecular weight is 255 g/mol. The third-order valence-corrected chi connectivity index (χ3v) is 3.94. The molecule has 2 amide bonds. The first-order chi connectivity index (χ1) is 8.61. The number of carbonyl (C=O) groups excluding carboxylic acids is 1. The Bertz CT molecular complexity index is 329. The Labute approximate surface area is 107 Å². The molecule has 2 heterocycles. The Morgan fingerprint density at radius 1 is 1.28 bits per heavy atom. The van der Waals surface area contributed by atoms with Crippen molar-refractivity contribution < 1.29 is 14.7 Å². The lowest BCUT2D eigenvalue weighted by Gasteiger charge is -2.35. The normalized spacial score (nSPS) is 25.2. The van der Waals surface area contributed by atoms with Crippen LogP contribution >= 0.6 is 0 Å². The minimum Gasteiger partial charge on any atom is -0.480 e. The molecule has 2 aliphatic rings. The summed E-state index contributed by atoms with van der Waals surface area (Å²) in [5.41, 5.74) is 0. The van der Waals surface area contributed by atoms with Crippen LogP contribution in [0.25, 0.3) is 0 Å². The van der Waals surface area contributed by atoms with Crippen molar-refractivity contribution in [2.75, 3.05) is 26.7 Å². The lowest BCUT2D eigenvalue weighted by atomic mass is 10.1. The van der Waals surface area contributed by atoms with Crippen LogP contribution in [0.15, 0.2) is 0 Å². The van der Waals surface area contributed by atoms with E-state index in [1.54, 1.807) is 11.9 Å². The number of carbonyl (C=O) groups is 2. The van der Waals surface area contributed by atoms with Crippen LogP contribution in [0.1, 0.15) is 25.7 Å². The van der Waals surface area contributed by atoms with Gasteiger partial charge < -0.3 is 20.2 Å². The van der Waals surface area contributed by atoms with Gasteiger partial charge in [-0.05, 0) is 38.8 Å². The Kier molecular flexibility index (Phi) is 4.06. The summed E-state index contributed by atoms with van der Waals surface area (Å²) in [5.74, 6) is -0.889. The number of amides is 2. The maximum absolute atomic E-state index is 12.3. The molecule has 2 rings (SSSR count). The molecule has 0 bridgehead atoms. The maximum Gasteiger partial charge on any atom is 0.326 e. The van der Waals surface area contributed by atoms with E-state index >= 15 is 0 Å². The summed E-state index contributed by atoms with van der Waals surface area (Å²) in [4.78, 5) is 26.6. The zero-order chi connectivity index (χ0) is 13.1. The Morgan fingerprint density at radius 2 is 1.94 bits per heavy atom. The van der Waals surface area contributed by atoms with Crippen LogP contribution in [0, 0.1) is 0 Å². The highest BCUT2D eigenvalue weighted by Crippen LogP contribution is 2.21. The zero-order valence-electron chi connectivity index (χ0n) is 10.8. The van der Waals surface area contributed by atoms with E-state index in [-0.39, 0.29) is 12.1 Å². The highest BCUT2D eigenvalue weighted by molar-refractivity contribution is 5.83. The number of piperidine rings is 1. The number of carboxylic acids is 1. The van der Waals surface area contributed by atoms with Crippen molar-refractivity contribution in [3.8, 4) is 0 Å². The zero-order valence-corrected chi connectivity index (χ0v) is 10.8. The van der Waals surface area contributed by atoms with Gasteiger partial charge in [-0.1, -0.05) is 0 Å². The first-order valence-corrected chi connectivity index (χ1v) is 6.58. The van der Waals surface area contributed by atoms with E-state index in [0.717, 1.165) is 32.4 Å². The van der Waals surface area contributed by atoms with E-state index < -0.39 is 12.0 Å². The molecule has 0 aromatic heterocycles. The van der Waals surface area contributed by atoms with Crippen molar-refractivity contribution in [2.24, 2.45) is 0 Å². The van der Waals surface area contributed by atoms with Gasteiger partial charge in [0.1, 0.15) is 6.04 Å². The Morgan fingerprint density at radius 3 is 2.56 bits per heavy atom. The van der Waals surface area contributed by atoms with Crippen LogP contribution in [0.2, 0.25) is 0 Å². The van der Waals surface area contributed by atoms with Crippen LogP contribution in [-0.2, 0) is 4.79 Å². The molecule has 0 spiro atoms. The highest BCUT2D eigenvalue weighted by Gasteiger charge is 2.36. The standard InChI is InChI=1S/C12H21N3O3/c1-14(9-4-6-13-7-5-9)12(18)15-8-2-3-10(15)11(16)17/h9-10,13H,2-8H2,1H3,(H,16,17)/t10-/m1/s1. The summed E-state index contributed by atoms with van der Waals surface area (Å²) in [7, 11) is 1.79. The summed E-state index contributed by atoms with van der Waals surface area (Å²) in [6, 6.07) is -0.540. The molecule has 6 nitrogen and oxygen atoms in total. The second-order valence-electron chi connectivity index (χ2n) is 5.06. The third kappa shape index (κ3) is 2.58. The van der Waals surface area contributed by atoms with Gasteiger partial charge in [-0.2, -0.15) is 0 Å². The Balaban J connectivity index is 1.99. The second-order valence-corrected chi connectivity index (χ2v) is 5.06. The predicted molar refractivity (Wildman–Crippen MR) is 66.4 cm³/mol. The van der Waals surface area contributed by atoms with Gasteiger partial charge in [0.25, 0.3) is 0 Å². The summed E-state index contributed by atoms with van der Waals surface area (Å²) in [5, 5.41) is 12.4. The van der Waals surface area contributed by atoms with Crippen LogP contribution in [0.4, 0.5) is 4.79 Å². The van der Waals surface area contributed by atoms with E-state index in [4.69, 9.17) is 5.11 Å². The van der Waals surface area contributed by atoms with Gasteiger partial charge in [-0.15, -0.1) is 0 Å². The number of likely N-dealkylation sites (tertiary alicyclic amines) is 1.